The minimum Gasteiger partial charge on any atom is -0.377 e. The van der Waals surface area contributed by atoms with Crippen LogP contribution in [-0.4, -0.2) is 44.3 Å². The van der Waals surface area contributed by atoms with E-state index in [9.17, 15) is 26.7 Å². The Balaban J connectivity index is 1.69. The molecule has 0 spiro atoms. The molecule has 1 heterocycles. The average molecular weight is 425 g/mol. The zero-order chi connectivity index (χ0) is 19.6. The van der Waals surface area contributed by atoms with Gasteiger partial charge in [-0.25, -0.2) is 4.21 Å². The molecule has 2 bridgehead atoms. The molecule has 2 N–H and O–H groups in total. The van der Waals surface area contributed by atoms with E-state index in [-0.39, 0.29) is 29.3 Å². The van der Waals surface area contributed by atoms with Crippen LogP contribution in [0.2, 0.25) is 0 Å². The number of carbonyl (C=O) groups is 1. The van der Waals surface area contributed by atoms with Gasteiger partial charge in [-0.05, 0) is 37.5 Å². The standard InChI is InChI=1S/C16H16ClF3N2O4S/c17-14-6-15(7-14,8-14)21-13(23)11-3-9(16(18,19)20)1-2-12(11)22(27(24)25)10-4-26-5-10/h1-3,10H,4-8H2,(H,21,23)(H,24,25). The van der Waals surface area contributed by atoms with Crippen LogP contribution in [0.25, 0.3) is 0 Å². The summed E-state index contributed by atoms with van der Waals surface area (Å²) in [6.07, 6.45) is -2.96. The highest BCUT2D eigenvalue weighted by Crippen LogP contribution is 2.64. The molecule has 1 aromatic carbocycles. The first-order chi connectivity index (χ1) is 12.5. The second-order valence-corrected chi connectivity index (χ2v) is 9.05. The fourth-order valence-corrected chi connectivity index (χ4v) is 5.43. The zero-order valence-electron chi connectivity index (χ0n) is 13.9. The third kappa shape index (κ3) is 3.22. The number of carbonyl (C=O) groups excluding carboxylic acids is 1. The highest BCUT2D eigenvalue weighted by Gasteiger charge is 2.68. The Morgan fingerprint density at radius 3 is 2.41 bits per heavy atom. The zero-order valence-corrected chi connectivity index (χ0v) is 15.5. The second kappa shape index (κ2) is 6.07. The third-order valence-corrected chi connectivity index (χ3v) is 6.50. The van der Waals surface area contributed by atoms with Crippen LogP contribution in [0.1, 0.15) is 35.2 Å². The molecule has 1 unspecified atom stereocenters. The summed E-state index contributed by atoms with van der Waals surface area (Å²) in [6.45, 7) is 0.292. The van der Waals surface area contributed by atoms with E-state index in [2.05, 4.69) is 5.32 Å². The molecule has 148 valence electrons. The van der Waals surface area contributed by atoms with Gasteiger partial charge in [0.05, 0.1) is 40.9 Å². The maximum Gasteiger partial charge on any atom is 0.416 e. The van der Waals surface area contributed by atoms with Gasteiger partial charge in [0.25, 0.3) is 17.2 Å². The summed E-state index contributed by atoms with van der Waals surface area (Å²) in [7, 11) is 0. The van der Waals surface area contributed by atoms with Gasteiger partial charge in [-0.1, -0.05) is 0 Å². The summed E-state index contributed by atoms with van der Waals surface area (Å²) >= 11 is 3.65. The first kappa shape index (κ1) is 19.0. The van der Waals surface area contributed by atoms with Crippen molar-refractivity contribution in [2.75, 3.05) is 17.5 Å². The summed E-state index contributed by atoms with van der Waals surface area (Å²) in [6, 6.07) is 2.06. The van der Waals surface area contributed by atoms with Crippen LogP contribution in [0, 0.1) is 0 Å². The summed E-state index contributed by atoms with van der Waals surface area (Å²) in [5, 5.41) is 2.76. The Morgan fingerprint density at radius 1 is 1.33 bits per heavy atom. The number of halogens is 4. The Morgan fingerprint density at radius 2 is 1.96 bits per heavy atom. The molecule has 4 fully saturated rings. The molecular formula is C16H16ClF3N2O4S. The molecule has 0 radical (unpaired) electrons. The Labute approximate surface area is 160 Å². The molecule has 6 nitrogen and oxygen atoms in total. The summed E-state index contributed by atoms with van der Waals surface area (Å²) < 4.78 is 66.9. The Hall–Kier alpha value is -1.36. The highest BCUT2D eigenvalue weighted by atomic mass is 35.5. The van der Waals surface area contributed by atoms with Crippen LogP contribution in [-0.2, 0) is 22.2 Å². The summed E-state index contributed by atoms with van der Waals surface area (Å²) in [4.78, 5) is 12.5. The maximum atomic E-state index is 13.1. The Kier molecular flexibility index (Phi) is 4.26. The van der Waals surface area contributed by atoms with Crippen molar-refractivity contribution in [1.82, 2.24) is 5.32 Å². The van der Waals surface area contributed by atoms with E-state index in [1.54, 1.807) is 0 Å². The molecular weight excluding hydrogens is 409 g/mol. The van der Waals surface area contributed by atoms with E-state index in [4.69, 9.17) is 16.3 Å². The van der Waals surface area contributed by atoms with Crippen LogP contribution in [0.15, 0.2) is 18.2 Å². The lowest BCUT2D eigenvalue weighted by Gasteiger charge is -2.67. The summed E-state index contributed by atoms with van der Waals surface area (Å²) in [5.41, 5.74) is -1.83. The van der Waals surface area contributed by atoms with Gasteiger partial charge in [0.2, 0.25) is 0 Å². The van der Waals surface area contributed by atoms with Crippen molar-refractivity contribution in [1.29, 1.82) is 0 Å². The lowest BCUT2D eigenvalue weighted by atomic mass is 9.49. The molecule has 0 aromatic heterocycles. The van der Waals surface area contributed by atoms with Gasteiger partial charge < -0.3 is 10.1 Å². The van der Waals surface area contributed by atoms with Crippen molar-refractivity contribution in [3.8, 4) is 0 Å². The van der Waals surface area contributed by atoms with Gasteiger partial charge in [-0.2, -0.15) is 13.2 Å². The molecule has 11 heteroatoms. The van der Waals surface area contributed by atoms with Crippen molar-refractivity contribution in [2.24, 2.45) is 0 Å². The molecule has 1 aromatic rings. The molecule has 1 atom stereocenters. The van der Waals surface area contributed by atoms with Gasteiger partial charge in [-0.3, -0.25) is 13.7 Å². The average Bonchev–Trinajstić information content (AvgIpc) is 2.46. The highest BCUT2D eigenvalue weighted by molar-refractivity contribution is 7.80. The number of amides is 1. The number of hydrogen-bond donors (Lipinski definition) is 2. The number of nitrogens with zero attached hydrogens (tertiary/aromatic N) is 1. The molecule has 27 heavy (non-hydrogen) atoms. The van der Waals surface area contributed by atoms with Crippen molar-refractivity contribution >= 4 is 34.5 Å². The van der Waals surface area contributed by atoms with Crippen LogP contribution >= 0.6 is 11.6 Å². The molecule has 1 saturated heterocycles. The van der Waals surface area contributed by atoms with E-state index >= 15 is 0 Å². The van der Waals surface area contributed by atoms with Crippen LogP contribution in [0.4, 0.5) is 18.9 Å². The van der Waals surface area contributed by atoms with Crippen molar-refractivity contribution in [2.45, 2.75) is 41.9 Å². The number of alkyl halides is 4. The van der Waals surface area contributed by atoms with Gasteiger partial charge >= 0.3 is 6.18 Å². The molecule has 3 aliphatic carbocycles. The number of nitrogens with one attached hydrogen (secondary N) is 1. The number of anilines is 1. The minimum atomic E-state index is -4.65. The van der Waals surface area contributed by atoms with E-state index in [1.165, 1.54) is 0 Å². The van der Waals surface area contributed by atoms with Crippen molar-refractivity contribution in [3.63, 3.8) is 0 Å². The molecule has 1 aliphatic heterocycles. The molecule has 1 amide bonds. The van der Waals surface area contributed by atoms with Crippen LogP contribution in [0.5, 0.6) is 0 Å². The molecule has 4 aliphatic rings. The van der Waals surface area contributed by atoms with E-state index < -0.39 is 40.5 Å². The predicted octanol–water partition coefficient (Wildman–Crippen LogP) is 2.69. The fraction of sp³-hybridized carbons (Fsp3) is 0.562. The quantitative estimate of drug-likeness (QED) is 0.562. The lowest BCUT2D eigenvalue weighted by molar-refractivity contribution is -0.137. The van der Waals surface area contributed by atoms with E-state index in [0.29, 0.717) is 25.3 Å². The Bertz CT molecular complexity index is 811. The second-order valence-electron chi connectivity index (χ2n) is 7.39. The van der Waals surface area contributed by atoms with E-state index in [0.717, 1.165) is 16.4 Å². The van der Waals surface area contributed by atoms with Crippen molar-refractivity contribution in [3.05, 3.63) is 29.3 Å². The first-order valence-electron chi connectivity index (χ1n) is 8.23. The number of ether oxygens (including phenoxy) is 1. The lowest BCUT2D eigenvalue weighted by Crippen LogP contribution is -2.76. The molecule has 5 rings (SSSR count). The number of benzene rings is 1. The first-order valence-corrected chi connectivity index (χ1v) is 9.67. The van der Waals surface area contributed by atoms with Crippen LogP contribution in [0.3, 0.4) is 0 Å². The monoisotopic (exact) mass is 424 g/mol. The van der Waals surface area contributed by atoms with Gasteiger partial charge in [0.15, 0.2) is 0 Å². The maximum absolute atomic E-state index is 13.1. The third-order valence-electron chi connectivity index (χ3n) is 5.27. The smallest absolute Gasteiger partial charge is 0.377 e. The number of rotatable bonds is 5. The van der Waals surface area contributed by atoms with Gasteiger partial charge in [0.1, 0.15) is 0 Å². The van der Waals surface area contributed by atoms with E-state index in [1.807, 2.05) is 0 Å². The van der Waals surface area contributed by atoms with Gasteiger partial charge in [0, 0.05) is 5.54 Å². The predicted molar refractivity (Wildman–Crippen MR) is 91.9 cm³/mol. The normalized spacial score (nSPS) is 30.6. The van der Waals surface area contributed by atoms with Gasteiger partial charge in [-0.15, -0.1) is 11.6 Å². The van der Waals surface area contributed by atoms with Crippen molar-refractivity contribution < 1.29 is 31.5 Å². The SMILES string of the molecule is O=C(NC12CC(Cl)(C1)C2)c1cc(C(F)(F)F)ccc1N(C1COC1)S(=O)O. The summed E-state index contributed by atoms with van der Waals surface area (Å²) in [5.74, 6) is -0.717. The largest absolute Gasteiger partial charge is 0.416 e. The minimum absolute atomic E-state index is 0.0400. The number of hydrogen-bond acceptors (Lipinski definition) is 3. The fourth-order valence-electron chi connectivity index (χ4n) is 3.96. The molecule has 3 saturated carbocycles. The topological polar surface area (TPSA) is 78.9 Å². The van der Waals surface area contributed by atoms with Crippen LogP contribution < -0.4 is 9.62 Å².